The highest BCUT2D eigenvalue weighted by Crippen LogP contribution is 2.24. The average molecular weight is 200 g/mol. The van der Waals surface area contributed by atoms with Crippen molar-refractivity contribution in [1.29, 1.82) is 0 Å². The Balaban J connectivity index is 2.02. The Hall–Kier alpha value is -0.380. The molecule has 0 amide bonds. The summed E-state index contributed by atoms with van der Waals surface area (Å²) >= 11 is 0. The molecule has 1 aliphatic carbocycles. The molecule has 14 heavy (non-hydrogen) atoms. The van der Waals surface area contributed by atoms with Crippen LogP contribution in [0.3, 0.4) is 0 Å². The van der Waals surface area contributed by atoms with Gasteiger partial charge in [0.05, 0.1) is 19.3 Å². The van der Waals surface area contributed by atoms with E-state index in [0.717, 1.165) is 12.8 Å². The van der Waals surface area contributed by atoms with Crippen LogP contribution in [0.5, 0.6) is 0 Å². The van der Waals surface area contributed by atoms with E-state index in [2.05, 4.69) is 6.58 Å². The van der Waals surface area contributed by atoms with Crippen LogP contribution in [0.1, 0.15) is 25.7 Å². The second-order valence-corrected chi connectivity index (χ2v) is 3.58. The summed E-state index contributed by atoms with van der Waals surface area (Å²) < 4.78 is 15.7. The first-order valence-corrected chi connectivity index (χ1v) is 5.20. The Morgan fingerprint density at radius 3 is 2.93 bits per heavy atom. The molecule has 0 aromatic rings. The van der Waals surface area contributed by atoms with E-state index < -0.39 is 0 Å². The topological polar surface area (TPSA) is 27.7 Å². The maximum Gasteiger partial charge on any atom is 0.147 e. The van der Waals surface area contributed by atoms with Crippen LogP contribution in [-0.4, -0.2) is 33.2 Å². The number of ether oxygens (including phenoxy) is 3. The summed E-state index contributed by atoms with van der Waals surface area (Å²) in [6, 6.07) is 0. The Labute approximate surface area is 86.0 Å². The molecule has 0 aliphatic heterocycles. The predicted octanol–water partition coefficient (Wildman–Crippen LogP) is 2.12. The molecule has 3 nitrogen and oxygen atoms in total. The van der Waals surface area contributed by atoms with Crippen LogP contribution in [0, 0.1) is 0 Å². The standard InChI is InChI=1S/C11H20O3/c1-10-5-3-4-6-11(10)14-9-13-8-7-12-2/h11H,1,3-9H2,2H3. The van der Waals surface area contributed by atoms with Crippen LogP contribution in [-0.2, 0) is 14.2 Å². The Kier molecular flexibility index (Phi) is 5.83. The lowest BCUT2D eigenvalue weighted by Gasteiger charge is -2.24. The Morgan fingerprint density at radius 1 is 1.36 bits per heavy atom. The summed E-state index contributed by atoms with van der Waals surface area (Å²) in [6.07, 6.45) is 4.89. The van der Waals surface area contributed by atoms with Crippen LogP contribution in [0.2, 0.25) is 0 Å². The second-order valence-electron chi connectivity index (χ2n) is 3.58. The van der Waals surface area contributed by atoms with Gasteiger partial charge in [-0.25, -0.2) is 0 Å². The summed E-state index contributed by atoms with van der Waals surface area (Å²) in [5.41, 5.74) is 1.21. The number of rotatable bonds is 6. The first-order valence-electron chi connectivity index (χ1n) is 5.20. The van der Waals surface area contributed by atoms with Gasteiger partial charge in [-0.2, -0.15) is 0 Å². The van der Waals surface area contributed by atoms with Crippen LogP contribution in [0.4, 0.5) is 0 Å². The fourth-order valence-corrected chi connectivity index (χ4v) is 1.58. The van der Waals surface area contributed by atoms with Crippen molar-refractivity contribution >= 4 is 0 Å². The summed E-state index contributed by atoms with van der Waals surface area (Å²) in [5.74, 6) is 0. The number of hydrogen-bond acceptors (Lipinski definition) is 3. The fourth-order valence-electron chi connectivity index (χ4n) is 1.58. The molecule has 0 spiro atoms. The highest BCUT2D eigenvalue weighted by molar-refractivity contribution is 5.04. The van der Waals surface area contributed by atoms with E-state index in [1.54, 1.807) is 7.11 Å². The quantitative estimate of drug-likeness (QED) is 0.373. The van der Waals surface area contributed by atoms with Crippen LogP contribution in [0.15, 0.2) is 12.2 Å². The molecular formula is C11H20O3. The van der Waals surface area contributed by atoms with Gasteiger partial charge >= 0.3 is 0 Å². The van der Waals surface area contributed by atoms with Gasteiger partial charge in [0, 0.05) is 7.11 Å². The number of hydrogen-bond donors (Lipinski definition) is 0. The van der Waals surface area contributed by atoms with E-state index in [0.29, 0.717) is 20.0 Å². The van der Waals surface area contributed by atoms with Crippen molar-refractivity contribution in [3.05, 3.63) is 12.2 Å². The van der Waals surface area contributed by atoms with Gasteiger partial charge in [0.1, 0.15) is 6.79 Å². The molecule has 0 radical (unpaired) electrons. The van der Waals surface area contributed by atoms with Gasteiger partial charge in [0.25, 0.3) is 0 Å². The smallest absolute Gasteiger partial charge is 0.147 e. The summed E-state index contributed by atoms with van der Waals surface area (Å²) in [4.78, 5) is 0. The van der Waals surface area contributed by atoms with Crippen molar-refractivity contribution in [3.8, 4) is 0 Å². The molecule has 1 fully saturated rings. The lowest BCUT2D eigenvalue weighted by molar-refractivity contribution is -0.0922. The highest BCUT2D eigenvalue weighted by Gasteiger charge is 2.17. The molecule has 1 atom stereocenters. The van der Waals surface area contributed by atoms with E-state index in [9.17, 15) is 0 Å². The molecule has 3 heteroatoms. The SMILES string of the molecule is C=C1CCCCC1OCOCCOC. The van der Waals surface area contributed by atoms with Crippen molar-refractivity contribution in [2.45, 2.75) is 31.8 Å². The molecule has 0 heterocycles. The molecule has 1 unspecified atom stereocenters. The summed E-state index contributed by atoms with van der Waals surface area (Å²) in [7, 11) is 1.66. The maximum atomic E-state index is 5.56. The van der Waals surface area contributed by atoms with Crippen LogP contribution < -0.4 is 0 Å². The highest BCUT2D eigenvalue weighted by atomic mass is 16.7. The summed E-state index contributed by atoms with van der Waals surface area (Å²) in [5, 5.41) is 0. The van der Waals surface area contributed by atoms with E-state index in [1.165, 1.54) is 18.4 Å². The monoisotopic (exact) mass is 200 g/mol. The van der Waals surface area contributed by atoms with E-state index in [-0.39, 0.29) is 6.10 Å². The van der Waals surface area contributed by atoms with Crippen LogP contribution >= 0.6 is 0 Å². The zero-order chi connectivity index (χ0) is 10.2. The van der Waals surface area contributed by atoms with Gasteiger partial charge in [-0.15, -0.1) is 0 Å². The van der Waals surface area contributed by atoms with Crippen molar-refractivity contribution in [2.24, 2.45) is 0 Å². The van der Waals surface area contributed by atoms with Gasteiger partial charge in [-0.05, 0) is 24.8 Å². The zero-order valence-electron chi connectivity index (χ0n) is 8.96. The minimum absolute atomic E-state index is 0.214. The average Bonchev–Trinajstić information content (AvgIpc) is 2.20. The molecule has 1 saturated carbocycles. The van der Waals surface area contributed by atoms with Gasteiger partial charge in [-0.1, -0.05) is 13.0 Å². The third-order valence-electron chi connectivity index (χ3n) is 2.45. The van der Waals surface area contributed by atoms with Crippen molar-refractivity contribution < 1.29 is 14.2 Å². The fraction of sp³-hybridized carbons (Fsp3) is 0.818. The van der Waals surface area contributed by atoms with Crippen molar-refractivity contribution in [2.75, 3.05) is 27.1 Å². The van der Waals surface area contributed by atoms with Crippen molar-refractivity contribution in [1.82, 2.24) is 0 Å². The number of methoxy groups -OCH3 is 1. The molecule has 0 N–H and O–H groups in total. The lowest BCUT2D eigenvalue weighted by atomic mass is 9.93. The molecule has 0 aromatic heterocycles. The van der Waals surface area contributed by atoms with Crippen LogP contribution in [0.25, 0.3) is 0 Å². The molecule has 1 rings (SSSR count). The Morgan fingerprint density at radius 2 is 2.21 bits per heavy atom. The molecule has 82 valence electrons. The first-order chi connectivity index (χ1) is 6.84. The van der Waals surface area contributed by atoms with E-state index in [1.807, 2.05) is 0 Å². The second kappa shape index (κ2) is 6.98. The van der Waals surface area contributed by atoms with Gasteiger partial charge in [0.15, 0.2) is 0 Å². The normalized spacial score (nSPS) is 22.6. The molecule has 0 saturated heterocycles. The minimum atomic E-state index is 0.214. The molecular weight excluding hydrogens is 180 g/mol. The largest absolute Gasteiger partial charge is 0.382 e. The third-order valence-corrected chi connectivity index (χ3v) is 2.45. The van der Waals surface area contributed by atoms with E-state index >= 15 is 0 Å². The zero-order valence-corrected chi connectivity index (χ0v) is 8.96. The minimum Gasteiger partial charge on any atom is -0.382 e. The molecule has 0 aromatic carbocycles. The maximum absolute atomic E-state index is 5.56. The molecule has 1 aliphatic rings. The molecule has 0 bridgehead atoms. The first kappa shape index (κ1) is 11.7. The summed E-state index contributed by atoms with van der Waals surface area (Å²) in [6.45, 7) is 5.57. The Bertz CT molecular complexity index is 168. The van der Waals surface area contributed by atoms with E-state index in [4.69, 9.17) is 14.2 Å². The van der Waals surface area contributed by atoms with Gasteiger partial charge < -0.3 is 14.2 Å². The van der Waals surface area contributed by atoms with Gasteiger partial charge in [-0.3, -0.25) is 0 Å². The lowest BCUT2D eigenvalue weighted by Crippen LogP contribution is -2.21. The van der Waals surface area contributed by atoms with Crippen molar-refractivity contribution in [3.63, 3.8) is 0 Å². The third kappa shape index (κ3) is 4.22. The predicted molar refractivity (Wildman–Crippen MR) is 55.2 cm³/mol. The van der Waals surface area contributed by atoms with Gasteiger partial charge in [0.2, 0.25) is 0 Å².